The summed E-state index contributed by atoms with van der Waals surface area (Å²) in [5.74, 6) is -2.82. The molecule has 15 heavy (non-hydrogen) atoms. The first-order chi connectivity index (χ1) is 6.93. The van der Waals surface area contributed by atoms with Gasteiger partial charge in [-0.1, -0.05) is 23.7 Å². The average molecular weight is 232 g/mol. The van der Waals surface area contributed by atoms with Gasteiger partial charge in [0, 0.05) is 11.4 Å². The Bertz CT molecular complexity index is 357. The third kappa shape index (κ3) is 2.13. The number of hydrogen-bond acceptors (Lipinski definition) is 1. The van der Waals surface area contributed by atoms with Crippen molar-refractivity contribution in [2.24, 2.45) is 5.73 Å². The van der Waals surface area contributed by atoms with Crippen LogP contribution in [0.25, 0.3) is 0 Å². The molecular formula is C11H12ClF2N. The fraction of sp³-hybridized carbons (Fsp3) is 0.455. The van der Waals surface area contributed by atoms with Crippen molar-refractivity contribution in [2.45, 2.75) is 30.7 Å². The van der Waals surface area contributed by atoms with Gasteiger partial charge in [0.1, 0.15) is 0 Å². The Hall–Kier alpha value is -0.670. The summed E-state index contributed by atoms with van der Waals surface area (Å²) in [6, 6.07) is 6.45. The maximum Gasteiger partial charge on any atom is 0.269 e. The largest absolute Gasteiger partial charge is 0.320 e. The Morgan fingerprint density at radius 3 is 2.27 bits per heavy atom. The summed E-state index contributed by atoms with van der Waals surface area (Å²) in [5, 5.41) is 0.552. The fourth-order valence-corrected chi connectivity index (χ4v) is 1.66. The summed E-state index contributed by atoms with van der Waals surface area (Å²) in [6.45, 7) is 0. The van der Waals surface area contributed by atoms with Gasteiger partial charge < -0.3 is 5.73 Å². The molecule has 1 aromatic rings. The minimum absolute atomic E-state index is 0.305. The Labute approximate surface area is 92.2 Å². The van der Waals surface area contributed by atoms with Crippen molar-refractivity contribution in [1.82, 2.24) is 0 Å². The molecule has 0 saturated heterocycles. The van der Waals surface area contributed by atoms with E-state index in [9.17, 15) is 8.78 Å². The molecule has 4 heteroatoms. The van der Waals surface area contributed by atoms with E-state index in [4.69, 9.17) is 17.3 Å². The summed E-state index contributed by atoms with van der Waals surface area (Å²) in [4.78, 5) is 0. The van der Waals surface area contributed by atoms with Crippen LogP contribution in [0.3, 0.4) is 0 Å². The van der Waals surface area contributed by atoms with Crippen molar-refractivity contribution in [3.8, 4) is 0 Å². The van der Waals surface area contributed by atoms with Gasteiger partial charge in [-0.3, -0.25) is 0 Å². The third-order valence-electron chi connectivity index (χ3n) is 2.86. The summed E-state index contributed by atoms with van der Waals surface area (Å²) in [5.41, 5.74) is 4.83. The number of hydrogen-bond donors (Lipinski definition) is 1. The smallest absolute Gasteiger partial charge is 0.269 e. The quantitative estimate of drug-likeness (QED) is 0.850. The molecule has 0 amide bonds. The predicted octanol–water partition coefficient (Wildman–Crippen LogP) is 3.01. The maximum absolute atomic E-state index is 13.6. The number of benzene rings is 1. The molecule has 1 saturated carbocycles. The topological polar surface area (TPSA) is 26.0 Å². The second-order valence-electron chi connectivity index (χ2n) is 4.16. The van der Waals surface area contributed by atoms with Crippen molar-refractivity contribution in [3.05, 3.63) is 34.9 Å². The number of rotatable bonds is 3. The van der Waals surface area contributed by atoms with Gasteiger partial charge in [-0.2, -0.15) is 0 Å². The predicted molar refractivity (Wildman–Crippen MR) is 56.3 cm³/mol. The molecule has 0 heterocycles. The van der Waals surface area contributed by atoms with Gasteiger partial charge in [0.2, 0.25) is 0 Å². The zero-order valence-corrected chi connectivity index (χ0v) is 8.90. The molecule has 0 atom stereocenters. The van der Waals surface area contributed by atoms with E-state index in [1.54, 1.807) is 24.3 Å². The van der Waals surface area contributed by atoms with E-state index in [1.807, 2.05) is 0 Å². The highest BCUT2D eigenvalue weighted by molar-refractivity contribution is 6.30. The van der Waals surface area contributed by atoms with E-state index in [0.29, 0.717) is 23.4 Å². The van der Waals surface area contributed by atoms with Crippen LogP contribution in [-0.2, 0) is 6.42 Å². The molecule has 1 aliphatic rings. The molecule has 1 aliphatic carbocycles. The summed E-state index contributed by atoms with van der Waals surface area (Å²) >= 11 is 5.67. The molecule has 1 nitrogen and oxygen atoms in total. The normalized spacial score (nSPS) is 18.9. The van der Waals surface area contributed by atoms with Gasteiger partial charge in [-0.15, -0.1) is 0 Å². The Morgan fingerprint density at radius 1 is 1.27 bits per heavy atom. The zero-order chi connectivity index (χ0) is 11.1. The molecule has 1 aromatic carbocycles. The van der Waals surface area contributed by atoms with Gasteiger partial charge in [-0.05, 0) is 30.5 Å². The summed E-state index contributed by atoms with van der Waals surface area (Å²) in [6.07, 6.45) is 0.516. The first kappa shape index (κ1) is 10.8. The molecule has 0 radical (unpaired) electrons. The molecule has 2 rings (SSSR count). The van der Waals surface area contributed by atoms with E-state index in [2.05, 4.69) is 0 Å². The minimum atomic E-state index is -2.82. The summed E-state index contributed by atoms with van der Waals surface area (Å²) < 4.78 is 27.2. The number of nitrogens with two attached hydrogens (primary N) is 1. The van der Waals surface area contributed by atoms with Crippen LogP contribution < -0.4 is 5.73 Å². The second kappa shape index (κ2) is 3.42. The van der Waals surface area contributed by atoms with Crippen molar-refractivity contribution < 1.29 is 8.78 Å². The monoisotopic (exact) mass is 231 g/mol. The molecule has 2 N–H and O–H groups in total. The Morgan fingerprint density at radius 2 is 1.80 bits per heavy atom. The molecule has 0 spiro atoms. The van der Waals surface area contributed by atoms with E-state index in [1.165, 1.54) is 0 Å². The highest BCUT2D eigenvalue weighted by Gasteiger charge is 2.58. The molecule has 82 valence electrons. The van der Waals surface area contributed by atoms with Gasteiger partial charge in [0.05, 0.1) is 5.54 Å². The average Bonchev–Trinajstić information content (AvgIpc) is 2.89. The van der Waals surface area contributed by atoms with Gasteiger partial charge in [0.15, 0.2) is 0 Å². The highest BCUT2D eigenvalue weighted by atomic mass is 35.5. The van der Waals surface area contributed by atoms with Crippen LogP contribution in [0.1, 0.15) is 18.4 Å². The van der Waals surface area contributed by atoms with Gasteiger partial charge >= 0.3 is 0 Å². The lowest BCUT2D eigenvalue weighted by molar-refractivity contribution is -0.0350. The molecule has 0 aliphatic heterocycles. The maximum atomic E-state index is 13.6. The van der Waals surface area contributed by atoms with E-state index in [-0.39, 0.29) is 6.42 Å². The molecular weight excluding hydrogens is 220 g/mol. The number of halogens is 3. The molecule has 0 aromatic heterocycles. The Balaban J connectivity index is 2.11. The van der Waals surface area contributed by atoms with Crippen LogP contribution in [0.15, 0.2) is 24.3 Å². The lowest BCUT2D eigenvalue weighted by Gasteiger charge is -2.23. The summed E-state index contributed by atoms with van der Waals surface area (Å²) in [7, 11) is 0. The van der Waals surface area contributed by atoms with E-state index in [0.717, 1.165) is 0 Å². The Kier molecular flexibility index (Phi) is 2.47. The zero-order valence-electron chi connectivity index (χ0n) is 8.14. The van der Waals surface area contributed by atoms with Crippen molar-refractivity contribution in [3.63, 3.8) is 0 Å². The molecule has 0 unspecified atom stereocenters. The van der Waals surface area contributed by atoms with Crippen molar-refractivity contribution in [2.75, 3.05) is 0 Å². The first-order valence-electron chi connectivity index (χ1n) is 4.84. The van der Waals surface area contributed by atoms with E-state index < -0.39 is 11.5 Å². The van der Waals surface area contributed by atoms with Crippen molar-refractivity contribution >= 4 is 11.6 Å². The van der Waals surface area contributed by atoms with Gasteiger partial charge in [-0.25, -0.2) is 8.78 Å². The number of alkyl halides is 2. The standard InChI is InChI=1S/C11H12ClF2N/c12-9-3-1-8(2-4-9)7-11(13,14)10(15)5-6-10/h1-4H,5-7,15H2. The van der Waals surface area contributed by atoms with Crippen LogP contribution in [0.5, 0.6) is 0 Å². The van der Waals surface area contributed by atoms with Crippen LogP contribution in [0, 0.1) is 0 Å². The lowest BCUT2D eigenvalue weighted by Crippen LogP contribution is -2.45. The van der Waals surface area contributed by atoms with E-state index >= 15 is 0 Å². The van der Waals surface area contributed by atoms with Crippen LogP contribution in [-0.4, -0.2) is 11.5 Å². The second-order valence-corrected chi connectivity index (χ2v) is 4.60. The fourth-order valence-electron chi connectivity index (χ4n) is 1.54. The van der Waals surface area contributed by atoms with Crippen LogP contribution in [0.2, 0.25) is 5.02 Å². The third-order valence-corrected chi connectivity index (χ3v) is 3.11. The minimum Gasteiger partial charge on any atom is -0.320 e. The lowest BCUT2D eigenvalue weighted by atomic mass is 10.00. The van der Waals surface area contributed by atoms with Crippen LogP contribution in [0.4, 0.5) is 8.78 Å². The molecule has 0 bridgehead atoms. The van der Waals surface area contributed by atoms with Crippen LogP contribution >= 0.6 is 11.6 Å². The van der Waals surface area contributed by atoms with Gasteiger partial charge in [0.25, 0.3) is 5.92 Å². The van der Waals surface area contributed by atoms with Crippen molar-refractivity contribution in [1.29, 1.82) is 0 Å². The molecule has 1 fully saturated rings. The first-order valence-corrected chi connectivity index (χ1v) is 5.22. The SMILES string of the molecule is NC1(C(F)(F)Cc2ccc(Cl)cc2)CC1. The highest BCUT2D eigenvalue weighted by Crippen LogP contribution is 2.47.